The zero-order valence-electron chi connectivity index (χ0n) is 15.0. The van der Waals surface area contributed by atoms with Gasteiger partial charge in [-0.15, -0.1) is 0 Å². The number of rotatable bonds is 4. The molecule has 0 amide bonds. The molecule has 1 aliphatic heterocycles. The van der Waals surface area contributed by atoms with Gasteiger partial charge in [0.05, 0.1) is 4.90 Å². The first-order valence-corrected chi connectivity index (χ1v) is 10.6. The fourth-order valence-corrected chi connectivity index (χ4v) is 4.45. The Balaban J connectivity index is 1.56. The van der Waals surface area contributed by atoms with Gasteiger partial charge in [0.25, 0.3) is 10.0 Å². The van der Waals surface area contributed by atoms with E-state index in [0.717, 1.165) is 42.6 Å². The monoisotopic (exact) mass is 378 g/mol. The summed E-state index contributed by atoms with van der Waals surface area (Å²) in [5, 5.41) is 3.37. The molecule has 27 heavy (non-hydrogen) atoms. The van der Waals surface area contributed by atoms with Gasteiger partial charge in [-0.25, -0.2) is 8.42 Å². The summed E-state index contributed by atoms with van der Waals surface area (Å²) in [6, 6.07) is 22.7. The van der Waals surface area contributed by atoms with Crippen LogP contribution in [0.1, 0.15) is 17.5 Å². The maximum atomic E-state index is 12.8. The number of hydrogen-bond acceptors (Lipinski definition) is 3. The van der Waals surface area contributed by atoms with Crippen LogP contribution < -0.4 is 10.0 Å². The average Bonchev–Trinajstić information content (AvgIpc) is 2.93. The Bertz CT molecular complexity index is 1030. The highest BCUT2D eigenvalue weighted by atomic mass is 32.2. The molecular formula is C22H22N2O2S. The molecule has 5 heteroatoms. The highest BCUT2D eigenvalue weighted by molar-refractivity contribution is 7.92. The maximum absolute atomic E-state index is 12.8. The van der Waals surface area contributed by atoms with Crippen molar-refractivity contribution in [3.8, 4) is 11.1 Å². The van der Waals surface area contributed by atoms with E-state index in [1.165, 1.54) is 5.56 Å². The Kier molecular flexibility index (Phi) is 4.97. The summed E-state index contributed by atoms with van der Waals surface area (Å²) in [5.74, 6) is 0. The van der Waals surface area contributed by atoms with E-state index < -0.39 is 10.0 Å². The smallest absolute Gasteiger partial charge is 0.261 e. The Morgan fingerprint density at radius 2 is 1.56 bits per heavy atom. The van der Waals surface area contributed by atoms with Gasteiger partial charge in [0.1, 0.15) is 0 Å². The standard InChI is InChI=1S/C22H22N2O2S/c25-27(26,22-12-9-19(10-13-22)17-5-2-1-3-6-17)24-21-11-8-18-7-4-14-23-16-20(18)15-21/h1-3,5-6,8-13,15,23-24H,4,7,14,16H2. The van der Waals surface area contributed by atoms with Gasteiger partial charge in [-0.05, 0) is 65.9 Å². The zero-order valence-corrected chi connectivity index (χ0v) is 15.8. The van der Waals surface area contributed by atoms with Gasteiger partial charge in [0, 0.05) is 12.2 Å². The van der Waals surface area contributed by atoms with Crippen LogP contribution in [0.2, 0.25) is 0 Å². The molecule has 0 fully saturated rings. The van der Waals surface area contributed by atoms with E-state index in [4.69, 9.17) is 0 Å². The van der Waals surface area contributed by atoms with E-state index in [-0.39, 0.29) is 4.90 Å². The number of hydrogen-bond donors (Lipinski definition) is 2. The predicted molar refractivity (Wildman–Crippen MR) is 109 cm³/mol. The fraction of sp³-hybridized carbons (Fsp3) is 0.182. The average molecular weight is 378 g/mol. The van der Waals surface area contributed by atoms with Crippen LogP contribution in [-0.4, -0.2) is 15.0 Å². The van der Waals surface area contributed by atoms with E-state index in [0.29, 0.717) is 5.69 Å². The number of fused-ring (bicyclic) bond motifs is 1. The number of benzene rings is 3. The topological polar surface area (TPSA) is 58.2 Å². The molecule has 3 aromatic carbocycles. The van der Waals surface area contributed by atoms with Crippen molar-refractivity contribution >= 4 is 15.7 Å². The Hall–Kier alpha value is -2.63. The molecule has 4 nitrogen and oxygen atoms in total. The second-order valence-electron chi connectivity index (χ2n) is 6.76. The molecule has 0 atom stereocenters. The number of sulfonamides is 1. The molecule has 0 aliphatic carbocycles. The summed E-state index contributed by atoms with van der Waals surface area (Å²) in [6.45, 7) is 1.76. The Morgan fingerprint density at radius 3 is 2.33 bits per heavy atom. The van der Waals surface area contributed by atoms with Gasteiger partial charge in [-0.3, -0.25) is 4.72 Å². The van der Waals surface area contributed by atoms with E-state index in [9.17, 15) is 8.42 Å². The molecule has 138 valence electrons. The first-order valence-electron chi connectivity index (χ1n) is 9.13. The fourth-order valence-electron chi connectivity index (χ4n) is 3.40. The molecule has 0 bridgehead atoms. The first kappa shape index (κ1) is 17.8. The van der Waals surface area contributed by atoms with Gasteiger partial charge in [0.2, 0.25) is 0 Å². The van der Waals surface area contributed by atoms with Gasteiger partial charge in [-0.1, -0.05) is 48.5 Å². The second kappa shape index (κ2) is 7.55. The van der Waals surface area contributed by atoms with Crippen LogP contribution in [0.5, 0.6) is 0 Å². The molecule has 1 aliphatic rings. The molecule has 0 aromatic heterocycles. The third-order valence-electron chi connectivity index (χ3n) is 4.85. The number of anilines is 1. The van der Waals surface area contributed by atoms with Crippen molar-refractivity contribution in [2.75, 3.05) is 11.3 Å². The van der Waals surface area contributed by atoms with Crippen molar-refractivity contribution in [1.82, 2.24) is 5.32 Å². The summed E-state index contributed by atoms with van der Waals surface area (Å²) in [5.41, 5.74) is 5.10. The molecule has 0 unspecified atom stereocenters. The SMILES string of the molecule is O=S(=O)(Nc1ccc2c(c1)CNCCC2)c1ccc(-c2ccccc2)cc1. The predicted octanol–water partition coefficient (Wildman–Crippen LogP) is 4.19. The summed E-state index contributed by atoms with van der Waals surface area (Å²) < 4.78 is 28.2. The quantitative estimate of drug-likeness (QED) is 0.716. The van der Waals surface area contributed by atoms with Crippen LogP contribution in [0.15, 0.2) is 77.7 Å². The van der Waals surface area contributed by atoms with Gasteiger partial charge in [0.15, 0.2) is 0 Å². The highest BCUT2D eigenvalue weighted by Gasteiger charge is 2.16. The lowest BCUT2D eigenvalue weighted by Gasteiger charge is -2.12. The molecule has 1 heterocycles. The van der Waals surface area contributed by atoms with E-state index >= 15 is 0 Å². The lowest BCUT2D eigenvalue weighted by Crippen LogP contribution is -2.14. The van der Waals surface area contributed by atoms with Crippen LogP contribution in [0, 0.1) is 0 Å². The minimum atomic E-state index is -3.62. The van der Waals surface area contributed by atoms with E-state index in [1.54, 1.807) is 12.1 Å². The molecule has 4 rings (SSSR count). The normalized spacial score (nSPS) is 14.2. The van der Waals surface area contributed by atoms with Crippen LogP contribution in [0.25, 0.3) is 11.1 Å². The van der Waals surface area contributed by atoms with Crippen molar-refractivity contribution in [1.29, 1.82) is 0 Å². The Labute approximate surface area is 160 Å². The summed E-state index contributed by atoms with van der Waals surface area (Å²) in [4.78, 5) is 0.259. The molecule has 2 N–H and O–H groups in total. The molecule has 0 spiro atoms. The lowest BCUT2D eigenvalue weighted by molar-refractivity contribution is 0.601. The maximum Gasteiger partial charge on any atom is 0.261 e. The van der Waals surface area contributed by atoms with Gasteiger partial charge < -0.3 is 5.32 Å². The van der Waals surface area contributed by atoms with Crippen molar-refractivity contribution in [2.24, 2.45) is 0 Å². The molecule has 0 radical (unpaired) electrons. The van der Waals surface area contributed by atoms with Crippen LogP contribution >= 0.6 is 0 Å². The van der Waals surface area contributed by atoms with Gasteiger partial charge in [-0.2, -0.15) is 0 Å². The zero-order chi connectivity index (χ0) is 18.7. The second-order valence-corrected chi connectivity index (χ2v) is 8.44. The van der Waals surface area contributed by atoms with Crippen molar-refractivity contribution in [2.45, 2.75) is 24.3 Å². The van der Waals surface area contributed by atoms with Crippen LogP contribution in [-0.2, 0) is 23.0 Å². The first-order chi connectivity index (χ1) is 13.1. The number of aryl methyl sites for hydroxylation is 1. The summed E-state index contributed by atoms with van der Waals surface area (Å²) >= 11 is 0. The summed E-state index contributed by atoms with van der Waals surface area (Å²) in [7, 11) is -3.62. The lowest BCUT2D eigenvalue weighted by atomic mass is 10.0. The van der Waals surface area contributed by atoms with Gasteiger partial charge >= 0.3 is 0 Å². The minimum Gasteiger partial charge on any atom is -0.313 e. The molecule has 0 saturated heterocycles. The molecule has 0 saturated carbocycles. The third kappa shape index (κ3) is 4.04. The molecular weight excluding hydrogens is 356 g/mol. The van der Waals surface area contributed by atoms with Crippen molar-refractivity contribution in [3.63, 3.8) is 0 Å². The van der Waals surface area contributed by atoms with Crippen molar-refractivity contribution in [3.05, 3.63) is 83.9 Å². The molecule has 3 aromatic rings. The van der Waals surface area contributed by atoms with Crippen molar-refractivity contribution < 1.29 is 8.42 Å². The third-order valence-corrected chi connectivity index (χ3v) is 6.24. The van der Waals surface area contributed by atoms with E-state index in [1.807, 2.05) is 60.7 Å². The largest absolute Gasteiger partial charge is 0.313 e. The highest BCUT2D eigenvalue weighted by Crippen LogP contribution is 2.24. The summed E-state index contributed by atoms with van der Waals surface area (Å²) in [6.07, 6.45) is 2.13. The number of nitrogens with one attached hydrogen (secondary N) is 2. The Morgan fingerprint density at radius 1 is 0.815 bits per heavy atom. The minimum absolute atomic E-state index is 0.259. The van der Waals surface area contributed by atoms with Crippen LogP contribution in [0.3, 0.4) is 0 Å². The van der Waals surface area contributed by atoms with Crippen LogP contribution in [0.4, 0.5) is 5.69 Å². The van der Waals surface area contributed by atoms with E-state index in [2.05, 4.69) is 10.0 Å².